The van der Waals surface area contributed by atoms with E-state index in [9.17, 15) is 0 Å². The third-order valence-electron chi connectivity index (χ3n) is 0.834. The first-order valence-electron chi connectivity index (χ1n) is 3.05. The van der Waals surface area contributed by atoms with E-state index in [0.717, 1.165) is 0 Å². The fraction of sp³-hybridized carbons (Fsp3) is 0. The zero-order chi connectivity index (χ0) is 7.78. The first-order chi connectivity index (χ1) is 5.50. The molecule has 0 saturated heterocycles. The van der Waals surface area contributed by atoms with Gasteiger partial charge >= 0.3 is 0 Å². The van der Waals surface area contributed by atoms with Crippen molar-refractivity contribution >= 4 is 11.3 Å². The minimum absolute atomic E-state index is 1.58. The van der Waals surface area contributed by atoms with E-state index in [2.05, 4.69) is 15.4 Å². The topological polar surface area (TPSA) is 38.7 Å². The van der Waals surface area contributed by atoms with Crippen LogP contribution in [-0.4, -0.2) is 15.4 Å². The molecule has 3 nitrogen and oxygen atoms in total. The Hall–Kier alpha value is -1.29. The molecule has 0 fully saturated rings. The van der Waals surface area contributed by atoms with E-state index in [-0.39, 0.29) is 0 Å². The Bertz CT molecular complexity index is 200. The fourth-order valence-corrected chi connectivity index (χ4v) is 0.885. The van der Waals surface area contributed by atoms with Gasteiger partial charge in [0.05, 0.1) is 12.4 Å². The Labute approximate surface area is 68.7 Å². The third-order valence-corrected chi connectivity index (χ3v) is 1.46. The quantitative estimate of drug-likeness (QED) is 0.595. The second-order valence-electron chi connectivity index (χ2n) is 1.60. The molecule has 0 radical (unpaired) electrons. The normalized spacial score (nSPS) is 8.00. The SMILES string of the molecule is c1ccsc1.c1cnnnc1. The molecular formula is C7H7N3S. The van der Waals surface area contributed by atoms with Crippen LogP contribution in [0.25, 0.3) is 0 Å². The highest BCUT2D eigenvalue weighted by Gasteiger charge is 1.60. The second-order valence-corrected chi connectivity index (χ2v) is 2.42. The summed E-state index contributed by atoms with van der Waals surface area (Å²) in [5, 5.41) is 14.2. The van der Waals surface area contributed by atoms with Crippen LogP contribution in [0.5, 0.6) is 0 Å². The third kappa shape index (κ3) is 4.16. The minimum atomic E-state index is 1.58. The van der Waals surface area contributed by atoms with Crippen LogP contribution in [-0.2, 0) is 0 Å². The summed E-state index contributed by atoms with van der Waals surface area (Å²) in [5.41, 5.74) is 0. The summed E-state index contributed by atoms with van der Waals surface area (Å²) in [6, 6.07) is 5.75. The van der Waals surface area contributed by atoms with Crippen LogP contribution in [0.2, 0.25) is 0 Å². The summed E-state index contributed by atoms with van der Waals surface area (Å²) >= 11 is 1.71. The number of aromatic nitrogens is 3. The lowest BCUT2D eigenvalue weighted by atomic mass is 10.7. The maximum atomic E-state index is 3.42. The van der Waals surface area contributed by atoms with Gasteiger partial charge in [-0.1, -0.05) is 12.1 Å². The van der Waals surface area contributed by atoms with Crippen molar-refractivity contribution in [2.75, 3.05) is 0 Å². The maximum absolute atomic E-state index is 3.42. The van der Waals surface area contributed by atoms with E-state index in [0.29, 0.717) is 0 Å². The van der Waals surface area contributed by atoms with Crippen molar-refractivity contribution in [3.8, 4) is 0 Å². The highest BCUT2D eigenvalue weighted by Crippen LogP contribution is 1.91. The summed E-state index contributed by atoms with van der Waals surface area (Å²) in [4.78, 5) is 0. The zero-order valence-electron chi connectivity index (χ0n) is 5.79. The van der Waals surface area contributed by atoms with E-state index in [1.54, 1.807) is 29.8 Å². The highest BCUT2D eigenvalue weighted by atomic mass is 32.1. The molecule has 0 atom stereocenters. The Balaban J connectivity index is 0.000000112. The van der Waals surface area contributed by atoms with Gasteiger partial charge in [0.15, 0.2) is 0 Å². The molecule has 0 amide bonds. The Morgan fingerprint density at radius 1 is 0.818 bits per heavy atom. The van der Waals surface area contributed by atoms with E-state index in [4.69, 9.17) is 0 Å². The molecule has 0 spiro atoms. The average Bonchev–Trinajstić information content (AvgIpc) is 2.64. The average molecular weight is 165 g/mol. The van der Waals surface area contributed by atoms with Crippen molar-refractivity contribution < 1.29 is 0 Å². The first kappa shape index (κ1) is 7.81. The molecule has 2 aromatic heterocycles. The monoisotopic (exact) mass is 165 g/mol. The predicted molar refractivity (Wildman–Crippen MR) is 44.1 cm³/mol. The molecule has 0 aromatic carbocycles. The molecule has 2 heterocycles. The molecule has 11 heavy (non-hydrogen) atoms. The van der Waals surface area contributed by atoms with E-state index < -0.39 is 0 Å². The molecule has 2 rings (SSSR count). The number of nitrogens with zero attached hydrogens (tertiary/aromatic N) is 3. The van der Waals surface area contributed by atoms with Crippen LogP contribution >= 0.6 is 11.3 Å². The van der Waals surface area contributed by atoms with Crippen LogP contribution in [0.3, 0.4) is 0 Å². The molecule has 0 aliphatic carbocycles. The second kappa shape index (κ2) is 5.49. The predicted octanol–water partition coefficient (Wildman–Crippen LogP) is 1.62. The molecule has 2 aromatic rings. The molecule has 0 saturated carbocycles. The molecular weight excluding hydrogens is 158 g/mol. The standard InChI is InChI=1S/C4H4S.C3H3N3/c1-2-4-5-3-1;1-2-4-6-5-3-1/h1-4H;1-3H. The van der Waals surface area contributed by atoms with Crippen LogP contribution in [0.4, 0.5) is 0 Å². The van der Waals surface area contributed by atoms with E-state index >= 15 is 0 Å². The Morgan fingerprint density at radius 2 is 1.45 bits per heavy atom. The lowest BCUT2D eigenvalue weighted by Crippen LogP contribution is -1.78. The van der Waals surface area contributed by atoms with Gasteiger partial charge in [0.2, 0.25) is 0 Å². The smallest absolute Gasteiger partial charge is 0.0529 e. The van der Waals surface area contributed by atoms with Crippen LogP contribution < -0.4 is 0 Å². The summed E-state index contributed by atoms with van der Waals surface area (Å²) in [5.74, 6) is 0. The molecule has 56 valence electrons. The largest absolute Gasteiger partial charge is 0.152 e. The van der Waals surface area contributed by atoms with E-state index in [1.165, 1.54) is 0 Å². The minimum Gasteiger partial charge on any atom is -0.152 e. The van der Waals surface area contributed by atoms with Crippen LogP contribution in [0.1, 0.15) is 0 Å². The van der Waals surface area contributed by atoms with Crippen molar-refractivity contribution in [1.82, 2.24) is 15.4 Å². The zero-order valence-corrected chi connectivity index (χ0v) is 6.61. The first-order valence-corrected chi connectivity index (χ1v) is 4.00. The van der Waals surface area contributed by atoms with Gasteiger partial charge in [-0.3, -0.25) is 0 Å². The van der Waals surface area contributed by atoms with Gasteiger partial charge in [0.1, 0.15) is 0 Å². The molecule has 0 unspecified atom stereocenters. The molecule has 0 aliphatic heterocycles. The van der Waals surface area contributed by atoms with Crippen molar-refractivity contribution in [2.24, 2.45) is 0 Å². The number of hydrogen-bond acceptors (Lipinski definition) is 4. The number of rotatable bonds is 0. The fourth-order valence-electron chi connectivity index (χ4n) is 0.432. The molecule has 4 heteroatoms. The Kier molecular flexibility index (Phi) is 3.90. The molecule has 0 N–H and O–H groups in total. The van der Waals surface area contributed by atoms with Crippen molar-refractivity contribution in [2.45, 2.75) is 0 Å². The van der Waals surface area contributed by atoms with E-state index in [1.807, 2.05) is 22.9 Å². The van der Waals surface area contributed by atoms with Crippen molar-refractivity contribution in [1.29, 1.82) is 0 Å². The molecule has 0 bridgehead atoms. The summed E-state index contributed by atoms with van der Waals surface area (Å²) in [6.45, 7) is 0. The van der Waals surface area contributed by atoms with Gasteiger partial charge in [-0.05, 0) is 22.0 Å². The van der Waals surface area contributed by atoms with Gasteiger partial charge < -0.3 is 0 Å². The van der Waals surface area contributed by atoms with Crippen LogP contribution in [0.15, 0.2) is 41.4 Å². The van der Waals surface area contributed by atoms with Crippen LogP contribution in [0, 0.1) is 0 Å². The van der Waals surface area contributed by atoms with Gasteiger partial charge in [0.25, 0.3) is 0 Å². The molecule has 0 aliphatic rings. The van der Waals surface area contributed by atoms with Gasteiger partial charge in [-0.15, -0.1) is 10.2 Å². The van der Waals surface area contributed by atoms with Gasteiger partial charge in [0, 0.05) is 0 Å². The van der Waals surface area contributed by atoms with Crippen molar-refractivity contribution in [3.05, 3.63) is 41.4 Å². The maximum Gasteiger partial charge on any atom is 0.0529 e. The number of hydrogen-bond donors (Lipinski definition) is 0. The summed E-state index contributed by atoms with van der Waals surface area (Å²) in [7, 11) is 0. The highest BCUT2D eigenvalue weighted by molar-refractivity contribution is 7.07. The van der Waals surface area contributed by atoms with Gasteiger partial charge in [-0.25, -0.2) is 0 Å². The Morgan fingerprint density at radius 3 is 1.64 bits per heavy atom. The lowest BCUT2D eigenvalue weighted by Gasteiger charge is -1.68. The van der Waals surface area contributed by atoms with Crippen molar-refractivity contribution in [3.63, 3.8) is 0 Å². The number of thiophene rings is 1. The lowest BCUT2D eigenvalue weighted by molar-refractivity contribution is 0.865. The summed E-state index contributed by atoms with van der Waals surface area (Å²) in [6.07, 6.45) is 3.15. The summed E-state index contributed by atoms with van der Waals surface area (Å²) < 4.78 is 0. The van der Waals surface area contributed by atoms with Gasteiger partial charge in [-0.2, -0.15) is 11.3 Å².